The van der Waals surface area contributed by atoms with Crippen LogP contribution in [0.5, 0.6) is 0 Å². The Balaban J connectivity index is 1.80. The quantitative estimate of drug-likeness (QED) is 0.779. The van der Waals surface area contributed by atoms with Gasteiger partial charge in [0.05, 0.1) is 6.20 Å². The van der Waals surface area contributed by atoms with Crippen molar-refractivity contribution in [3.63, 3.8) is 0 Å². The molecule has 4 heteroatoms. The van der Waals surface area contributed by atoms with Crippen LogP contribution in [0.3, 0.4) is 0 Å². The van der Waals surface area contributed by atoms with Crippen molar-refractivity contribution in [1.82, 2.24) is 4.98 Å². The average Bonchev–Trinajstić information content (AvgIpc) is 3.00. The second-order valence-corrected chi connectivity index (χ2v) is 5.70. The maximum absolute atomic E-state index is 12.3. The number of benzene rings is 2. The molecular weight excluding hydrogens is 280 g/mol. The maximum Gasteiger partial charge on any atom is 0.267 e. The van der Waals surface area contributed by atoms with Gasteiger partial charge in [0.15, 0.2) is 0 Å². The number of rotatable bonds is 3. The van der Waals surface area contributed by atoms with E-state index < -0.39 is 0 Å². The molecule has 0 aliphatic carbocycles. The van der Waals surface area contributed by atoms with Crippen molar-refractivity contribution < 1.29 is 4.79 Å². The van der Waals surface area contributed by atoms with E-state index in [1.807, 2.05) is 61.5 Å². The van der Waals surface area contributed by atoms with Crippen LogP contribution >= 0.6 is 11.3 Å². The minimum Gasteiger partial charge on any atom is -0.321 e. The number of para-hydroxylation sites is 1. The number of nitrogens with one attached hydrogen (secondary N) is 1. The SMILES string of the molecule is Cc1ccccc1NC(=O)c1cnc(-c2ccccc2)s1. The van der Waals surface area contributed by atoms with Gasteiger partial charge in [-0.05, 0) is 18.6 Å². The highest BCUT2D eigenvalue weighted by molar-refractivity contribution is 7.17. The molecule has 0 aliphatic rings. The number of aromatic nitrogens is 1. The van der Waals surface area contributed by atoms with Crippen LogP contribution in [0.2, 0.25) is 0 Å². The Morgan fingerprint density at radius 2 is 1.76 bits per heavy atom. The van der Waals surface area contributed by atoms with Gasteiger partial charge in [-0.3, -0.25) is 4.79 Å². The van der Waals surface area contributed by atoms with Gasteiger partial charge in [0.2, 0.25) is 0 Å². The molecule has 3 rings (SSSR count). The summed E-state index contributed by atoms with van der Waals surface area (Å²) in [6, 6.07) is 17.6. The zero-order chi connectivity index (χ0) is 14.7. The van der Waals surface area contributed by atoms with Gasteiger partial charge in [-0.25, -0.2) is 4.98 Å². The fraction of sp³-hybridized carbons (Fsp3) is 0.0588. The summed E-state index contributed by atoms with van der Waals surface area (Å²) in [7, 11) is 0. The summed E-state index contributed by atoms with van der Waals surface area (Å²) < 4.78 is 0. The second-order valence-electron chi connectivity index (χ2n) is 4.66. The highest BCUT2D eigenvalue weighted by Crippen LogP contribution is 2.25. The zero-order valence-corrected chi connectivity index (χ0v) is 12.4. The lowest BCUT2D eigenvalue weighted by molar-refractivity contribution is 0.103. The van der Waals surface area contributed by atoms with Crippen molar-refractivity contribution in [2.45, 2.75) is 6.92 Å². The first-order valence-corrected chi connectivity index (χ1v) is 7.44. The highest BCUT2D eigenvalue weighted by atomic mass is 32.1. The van der Waals surface area contributed by atoms with Gasteiger partial charge in [-0.15, -0.1) is 11.3 Å². The molecule has 1 heterocycles. The molecule has 0 saturated heterocycles. The van der Waals surface area contributed by atoms with Crippen molar-refractivity contribution in [1.29, 1.82) is 0 Å². The lowest BCUT2D eigenvalue weighted by atomic mass is 10.2. The second kappa shape index (κ2) is 5.89. The van der Waals surface area contributed by atoms with E-state index in [1.54, 1.807) is 6.20 Å². The first kappa shape index (κ1) is 13.5. The number of hydrogen-bond acceptors (Lipinski definition) is 3. The predicted octanol–water partition coefficient (Wildman–Crippen LogP) is 4.37. The molecule has 104 valence electrons. The largest absolute Gasteiger partial charge is 0.321 e. The third kappa shape index (κ3) is 3.01. The number of carbonyl (C=O) groups is 1. The Bertz CT molecular complexity index is 765. The Labute approximate surface area is 127 Å². The molecule has 0 radical (unpaired) electrons. The molecule has 1 N–H and O–H groups in total. The smallest absolute Gasteiger partial charge is 0.267 e. The van der Waals surface area contributed by atoms with Crippen LogP contribution in [0, 0.1) is 6.92 Å². The van der Waals surface area contributed by atoms with Gasteiger partial charge in [0, 0.05) is 11.3 Å². The minimum absolute atomic E-state index is 0.121. The average molecular weight is 294 g/mol. The van der Waals surface area contributed by atoms with Crippen LogP contribution in [0.1, 0.15) is 15.2 Å². The molecule has 0 bridgehead atoms. The fourth-order valence-electron chi connectivity index (χ4n) is 1.99. The van der Waals surface area contributed by atoms with E-state index in [4.69, 9.17) is 0 Å². The normalized spacial score (nSPS) is 10.3. The molecular formula is C17H14N2OS. The number of hydrogen-bond donors (Lipinski definition) is 1. The van der Waals surface area contributed by atoms with Crippen molar-refractivity contribution in [3.05, 3.63) is 71.2 Å². The maximum atomic E-state index is 12.3. The molecule has 0 saturated carbocycles. The van der Waals surface area contributed by atoms with Crippen LogP contribution in [0.15, 0.2) is 60.8 Å². The predicted molar refractivity (Wildman–Crippen MR) is 86.7 cm³/mol. The Morgan fingerprint density at radius 1 is 1.05 bits per heavy atom. The van der Waals surface area contributed by atoms with Crippen molar-refractivity contribution >= 4 is 22.9 Å². The summed E-state index contributed by atoms with van der Waals surface area (Å²) in [5, 5.41) is 3.78. The van der Waals surface area contributed by atoms with Crippen molar-refractivity contribution in [2.75, 3.05) is 5.32 Å². The highest BCUT2D eigenvalue weighted by Gasteiger charge is 2.12. The van der Waals surface area contributed by atoms with Gasteiger partial charge in [-0.1, -0.05) is 48.5 Å². The monoisotopic (exact) mass is 294 g/mol. The molecule has 21 heavy (non-hydrogen) atoms. The van der Waals surface area contributed by atoms with Gasteiger partial charge in [0.1, 0.15) is 9.88 Å². The van der Waals surface area contributed by atoms with Crippen molar-refractivity contribution in [2.24, 2.45) is 0 Å². The van der Waals surface area contributed by atoms with Crippen molar-refractivity contribution in [3.8, 4) is 10.6 Å². The summed E-state index contributed by atoms with van der Waals surface area (Å²) in [6.45, 7) is 1.97. The molecule has 0 spiro atoms. The van der Waals surface area contributed by atoms with Crippen LogP contribution in [-0.2, 0) is 0 Å². The summed E-state index contributed by atoms with van der Waals surface area (Å²) in [4.78, 5) is 17.2. The zero-order valence-electron chi connectivity index (χ0n) is 11.5. The third-order valence-corrected chi connectivity index (χ3v) is 4.19. The van der Waals surface area contributed by atoms with E-state index >= 15 is 0 Å². The number of aryl methyl sites for hydroxylation is 1. The first-order valence-electron chi connectivity index (χ1n) is 6.62. The van der Waals surface area contributed by atoms with Gasteiger partial charge in [-0.2, -0.15) is 0 Å². The number of carbonyl (C=O) groups excluding carboxylic acids is 1. The van der Waals surface area contributed by atoms with E-state index in [2.05, 4.69) is 10.3 Å². The molecule has 1 aromatic heterocycles. The van der Waals surface area contributed by atoms with Crippen LogP contribution < -0.4 is 5.32 Å². The third-order valence-electron chi connectivity index (χ3n) is 3.14. The van der Waals surface area contributed by atoms with E-state index in [9.17, 15) is 4.79 Å². The number of amides is 1. The topological polar surface area (TPSA) is 42.0 Å². The summed E-state index contributed by atoms with van der Waals surface area (Å²) in [5.74, 6) is -0.121. The molecule has 3 aromatic rings. The van der Waals surface area contributed by atoms with Gasteiger partial charge in [0.25, 0.3) is 5.91 Å². The van der Waals surface area contributed by atoms with Crippen LogP contribution in [0.25, 0.3) is 10.6 Å². The Hall–Kier alpha value is -2.46. The Morgan fingerprint density at radius 3 is 2.52 bits per heavy atom. The number of anilines is 1. The lowest BCUT2D eigenvalue weighted by Gasteiger charge is -2.06. The molecule has 2 aromatic carbocycles. The van der Waals surface area contributed by atoms with Crippen LogP contribution in [0.4, 0.5) is 5.69 Å². The number of nitrogens with zero attached hydrogens (tertiary/aromatic N) is 1. The molecule has 0 fully saturated rings. The standard InChI is InChI=1S/C17H14N2OS/c1-12-7-5-6-10-14(12)19-16(20)15-11-18-17(21-15)13-8-3-2-4-9-13/h2-11H,1H3,(H,19,20). The van der Waals surface area contributed by atoms with Gasteiger partial charge < -0.3 is 5.32 Å². The molecule has 1 amide bonds. The fourth-order valence-corrected chi connectivity index (χ4v) is 2.81. The van der Waals surface area contributed by atoms with Gasteiger partial charge >= 0.3 is 0 Å². The minimum atomic E-state index is -0.121. The molecule has 0 atom stereocenters. The van der Waals surface area contributed by atoms with E-state index in [0.29, 0.717) is 4.88 Å². The molecule has 3 nitrogen and oxygen atoms in total. The molecule has 0 aliphatic heterocycles. The summed E-state index contributed by atoms with van der Waals surface area (Å²) in [6.07, 6.45) is 1.63. The lowest BCUT2D eigenvalue weighted by Crippen LogP contribution is -2.10. The van der Waals surface area contributed by atoms with E-state index in [1.165, 1.54) is 11.3 Å². The first-order chi connectivity index (χ1) is 10.2. The summed E-state index contributed by atoms with van der Waals surface area (Å²) >= 11 is 1.40. The Kier molecular flexibility index (Phi) is 3.79. The summed E-state index contributed by atoms with van der Waals surface area (Å²) in [5.41, 5.74) is 2.90. The van der Waals surface area contributed by atoms with Crippen LogP contribution in [-0.4, -0.2) is 10.9 Å². The molecule has 0 unspecified atom stereocenters. The van der Waals surface area contributed by atoms with E-state index in [0.717, 1.165) is 21.8 Å². The number of thiazole rings is 1. The van der Waals surface area contributed by atoms with E-state index in [-0.39, 0.29) is 5.91 Å².